The van der Waals surface area contributed by atoms with E-state index in [1.54, 1.807) is 6.21 Å². The molecule has 0 saturated carbocycles. The molecule has 0 heterocycles. The van der Waals surface area contributed by atoms with Gasteiger partial charge in [0, 0.05) is 10.7 Å². The monoisotopic (exact) mass is 333 g/mol. The SMILES string of the molecule is S=C(/N=C/c1ccc(Br)cc1)NNc1ccccc1. The molecule has 3 nitrogen and oxygen atoms in total. The first-order valence-corrected chi connectivity index (χ1v) is 6.85. The summed E-state index contributed by atoms with van der Waals surface area (Å²) in [6, 6.07) is 17.6. The summed E-state index contributed by atoms with van der Waals surface area (Å²) in [6.07, 6.45) is 1.72. The van der Waals surface area contributed by atoms with Crippen molar-refractivity contribution in [2.45, 2.75) is 0 Å². The second kappa shape index (κ2) is 7.01. The average Bonchev–Trinajstić information content (AvgIpc) is 2.45. The van der Waals surface area contributed by atoms with E-state index in [9.17, 15) is 0 Å². The molecule has 2 aromatic rings. The summed E-state index contributed by atoms with van der Waals surface area (Å²) in [5, 5.41) is 0.381. The molecule has 0 aromatic heterocycles. The maximum absolute atomic E-state index is 5.10. The molecule has 0 atom stereocenters. The second-order valence-corrected chi connectivity index (χ2v) is 5.03. The Morgan fingerprint density at radius 3 is 2.42 bits per heavy atom. The summed E-state index contributed by atoms with van der Waals surface area (Å²) in [6.45, 7) is 0. The van der Waals surface area contributed by atoms with Gasteiger partial charge in [-0.15, -0.1) is 0 Å². The van der Waals surface area contributed by atoms with Crippen LogP contribution in [0.5, 0.6) is 0 Å². The van der Waals surface area contributed by atoms with E-state index in [0.717, 1.165) is 15.7 Å². The van der Waals surface area contributed by atoms with Crippen molar-refractivity contribution >= 4 is 45.2 Å². The molecule has 0 unspecified atom stereocenters. The highest BCUT2D eigenvalue weighted by atomic mass is 79.9. The minimum absolute atomic E-state index is 0.381. The molecule has 0 bridgehead atoms. The zero-order chi connectivity index (χ0) is 13.5. The number of hydrogen-bond acceptors (Lipinski definition) is 2. The number of hydrazine groups is 1. The molecule has 5 heteroatoms. The number of benzene rings is 2. The molecule has 0 radical (unpaired) electrons. The fourth-order valence-electron chi connectivity index (χ4n) is 1.36. The molecule has 0 fully saturated rings. The van der Waals surface area contributed by atoms with E-state index in [1.807, 2.05) is 54.6 Å². The van der Waals surface area contributed by atoms with Crippen LogP contribution in [0.25, 0.3) is 0 Å². The van der Waals surface area contributed by atoms with Crippen molar-refractivity contribution < 1.29 is 0 Å². The fourth-order valence-corrected chi connectivity index (χ4v) is 1.73. The lowest BCUT2D eigenvalue weighted by atomic mass is 10.2. The first-order valence-electron chi connectivity index (χ1n) is 5.65. The highest BCUT2D eigenvalue weighted by Crippen LogP contribution is 2.09. The van der Waals surface area contributed by atoms with E-state index < -0.39 is 0 Å². The summed E-state index contributed by atoms with van der Waals surface area (Å²) >= 11 is 8.48. The van der Waals surface area contributed by atoms with Crippen LogP contribution in [-0.4, -0.2) is 11.3 Å². The number of thiocarbonyl (C=S) groups is 1. The van der Waals surface area contributed by atoms with Crippen molar-refractivity contribution in [2.75, 3.05) is 5.43 Å². The van der Waals surface area contributed by atoms with E-state index in [1.165, 1.54) is 0 Å². The van der Waals surface area contributed by atoms with Gasteiger partial charge in [0.1, 0.15) is 0 Å². The van der Waals surface area contributed by atoms with Gasteiger partial charge in [-0.1, -0.05) is 46.3 Å². The molecule has 19 heavy (non-hydrogen) atoms. The predicted molar refractivity (Wildman–Crippen MR) is 87.5 cm³/mol. The van der Waals surface area contributed by atoms with E-state index in [4.69, 9.17) is 12.2 Å². The highest BCUT2D eigenvalue weighted by Gasteiger charge is 1.93. The topological polar surface area (TPSA) is 36.4 Å². The summed E-state index contributed by atoms with van der Waals surface area (Å²) in [5.74, 6) is 0. The first kappa shape index (κ1) is 13.7. The van der Waals surface area contributed by atoms with Gasteiger partial charge in [-0.2, -0.15) is 0 Å². The maximum atomic E-state index is 5.10. The Kier molecular flexibility index (Phi) is 5.06. The van der Waals surface area contributed by atoms with Crippen molar-refractivity contribution in [3.05, 3.63) is 64.6 Å². The van der Waals surface area contributed by atoms with E-state index in [-0.39, 0.29) is 0 Å². The third-order valence-electron chi connectivity index (χ3n) is 2.29. The van der Waals surface area contributed by atoms with Gasteiger partial charge in [-0.25, -0.2) is 4.99 Å². The summed E-state index contributed by atoms with van der Waals surface area (Å²) in [7, 11) is 0. The van der Waals surface area contributed by atoms with Crippen LogP contribution < -0.4 is 10.9 Å². The van der Waals surface area contributed by atoms with Crippen LogP contribution >= 0.6 is 28.1 Å². The lowest BCUT2D eigenvalue weighted by Crippen LogP contribution is -2.26. The Balaban J connectivity index is 1.86. The van der Waals surface area contributed by atoms with Crippen LogP contribution in [0.4, 0.5) is 5.69 Å². The maximum Gasteiger partial charge on any atom is 0.211 e. The molecular formula is C14H12BrN3S. The normalized spacial score (nSPS) is 10.4. The molecule has 0 aliphatic carbocycles. The number of nitrogens with one attached hydrogen (secondary N) is 2. The number of halogens is 1. The van der Waals surface area contributed by atoms with Crippen molar-refractivity contribution in [3.63, 3.8) is 0 Å². The number of aliphatic imine (C=N–C) groups is 1. The van der Waals surface area contributed by atoms with E-state index in [2.05, 4.69) is 31.8 Å². The number of rotatable bonds is 3. The second-order valence-electron chi connectivity index (χ2n) is 3.73. The average molecular weight is 334 g/mol. The van der Waals surface area contributed by atoms with Crippen LogP contribution in [0.1, 0.15) is 5.56 Å². The summed E-state index contributed by atoms with van der Waals surface area (Å²) < 4.78 is 1.04. The minimum Gasteiger partial charge on any atom is -0.299 e. The lowest BCUT2D eigenvalue weighted by molar-refractivity contribution is 1.13. The molecule has 0 amide bonds. The van der Waals surface area contributed by atoms with Crippen LogP contribution in [0.3, 0.4) is 0 Å². The standard InChI is InChI=1S/C14H12BrN3S/c15-12-8-6-11(7-9-12)10-16-14(19)18-17-13-4-2-1-3-5-13/h1-10,17H,(H,18,19)/b16-10+. The number of nitrogens with zero attached hydrogens (tertiary/aromatic N) is 1. The Morgan fingerprint density at radius 2 is 1.74 bits per heavy atom. The van der Waals surface area contributed by atoms with Crippen molar-refractivity contribution in [3.8, 4) is 0 Å². The molecule has 0 saturated heterocycles. The zero-order valence-electron chi connectivity index (χ0n) is 10.0. The van der Waals surface area contributed by atoms with Gasteiger partial charge in [0.25, 0.3) is 0 Å². The van der Waals surface area contributed by atoms with Gasteiger partial charge < -0.3 is 0 Å². The van der Waals surface area contributed by atoms with Crippen LogP contribution in [0.2, 0.25) is 0 Å². The van der Waals surface area contributed by atoms with Crippen LogP contribution in [-0.2, 0) is 0 Å². The summed E-state index contributed by atoms with van der Waals surface area (Å²) in [4.78, 5) is 4.16. The number of hydrogen-bond donors (Lipinski definition) is 2. The molecule has 0 aliphatic rings. The van der Waals surface area contributed by atoms with Gasteiger partial charge in [0.2, 0.25) is 5.11 Å². The van der Waals surface area contributed by atoms with E-state index in [0.29, 0.717) is 5.11 Å². The molecule has 0 aliphatic heterocycles. The smallest absolute Gasteiger partial charge is 0.211 e. The Morgan fingerprint density at radius 1 is 1.05 bits per heavy atom. The molecular weight excluding hydrogens is 322 g/mol. The third-order valence-corrected chi connectivity index (χ3v) is 3.02. The van der Waals surface area contributed by atoms with Crippen LogP contribution in [0, 0.1) is 0 Å². The first-order chi connectivity index (χ1) is 9.24. The molecule has 2 aromatic carbocycles. The third kappa shape index (κ3) is 4.81. The predicted octanol–water partition coefficient (Wildman–Crippen LogP) is 3.77. The lowest BCUT2D eigenvalue weighted by Gasteiger charge is -2.06. The summed E-state index contributed by atoms with van der Waals surface area (Å²) in [5.41, 5.74) is 7.76. The molecule has 96 valence electrons. The fraction of sp³-hybridized carbons (Fsp3) is 0. The van der Waals surface area contributed by atoms with Crippen LogP contribution in [0.15, 0.2) is 64.1 Å². The van der Waals surface area contributed by atoms with Gasteiger partial charge in [0.15, 0.2) is 0 Å². The van der Waals surface area contributed by atoms with Crippen molar-refractivity contribution in [1.29, 1.82) is 0 Å². The molecule has 0 spiro atoms. The number of para-hydroxylation sites is 1. The Labute approximate surface area is 125 Å². The quantitative estimate of drug-likeness (QED) is 0.510. The highest BCUT2D eigenvalue weighted by molar-refractivity contribution is 9.10. The van der Waals surface area contributed by atoms with Crippen molar-refractivity contribution in [2.24, 2.45) is 4.99 Å². The molecule has 2 rings (SSSR count). The Bertz CT molecular complexity index is 567. The number of anilines is 1. The van der Waals surface area contributed by atoms with E-state index >= 15 is 0 Å². The largest absolute Gasteiger partial charge is 0.299 e. The van der Waals surface area contributed by atoms with Gasteiger partial charge in [-0.3, -0.25) is 10.9 Å². The Hall–Kier alpha value is -1.72. The van der Waals surface area contributed by atoms with Gasteiger partial charge in [-0.05, 0) is 42.0 Å². The zero-order valence-corrected chi connectivity index (χ0v) is 12.4. The minimum atomic E-state index is 0.381. The molecule has 2 N–H and O–H groups in total. The van der Waals surface area contributed by atoms with Crippen molar-refractivity contribution in [1.82, 2.24) is 5.43 Å². The van der Waals surface area contributed by atoms with Gasteiger partial charge >= 0.3 is 0 Å². The van der Waals surface area contributed by atoms with Gasteiger partial charge in [0.05, 0.1) is 5.69 Å².